The van der Waals surface area contributed by atoms with Crippen LogP contribution < -0.4 is 20.1 Å². The normalized spacial score (nSPS) is 23.4. The van der Waals surface area contributed by atoms with E-state index in [0.29, 0.717) is 15.6 Å². The summed E-state index contributed by atoms with van der Waals surface area (Å²) in [5.41, 5.74) is 4.40. The molecule has 1 aliphatic heterocycles. The molecule has 2 aromatic heterocycles. The zero-order valence-corrected chi connectivity index (χ0v) is 28.4. The number of aliphatic carboxylic acids is 1. The number of imidazole rings is 1. The van der Waals surface area contributed by atoms with Crippen LogP contribution in [0, 0.1) is 3.83 Å². The monoisotopic (exact) mass is 770 g/mol. The average molecular weight is 771 g/mol. The van der Waals surface area contributed by atoms with Crippen LogP contribution in [0.1, 0.15) is 45.8 Å². The minimum absolute atomic E-state index is 0.107. The molecule has 17 heteroatoms. The first-order chi connectivity index (χ1) is 21.9. The number of fused-ring (bicyclic) bond motifs is 2. The van der Waals surface area contributed by atoms with Gasteiger partial charge >= 0.3 is 13.7 Å². The molecule has 15 nitrogen and oxygen atoms in total. The predicted octanol–water partition coefficient (Wildman–Crippen LogP) is 4.01. The van der Waals surface area contributed by atoms with E-state index < -0.39 is 50.4 Å². The number of hydrogen-bond acceptors (Lipinski definition) is 12. The summed E-state index contributed by atoms with van der Waals surface area (Å²) in [6.07, 6.45) is -1.67. The van der Waals surface area contributed by atoms with Crippen LogP contribution in [0.25, 0.3) is 21.9 Å². The number of rotatable bonds is 14. The number of carbonyl (C=O) groups is 1. The molecule has 6 N–H and O–H groups in total. The van der Waals surface area contributed by atoms with E-state index in [4.69, 9.17) is 24.3 Å². The van der Waals surface area contributed by atoms with Crippen LogP contribution >= 0.6 is 30.3 Å². The number of nitrogens with two attached hydrogens (primary N) is 1. The Morgan fingerprint density at radius 1 is 1.22 bits per heavy atom. The van der Waals surface area contributed by atoms with Crippen molar-refractivity contribution in [2.24, 2.45) is 0 Å². The summed E-state index contributed by atoms with van der Waals surface area (Å²) in [5.74, 6) is -1.01. The molecule has 0 radical (unpaired) electrons. The van der Waals surface area contributed by atoms with Gasteiger partial charge in [-0.1, -0.05) is 62.6 Å². The average Bonchev–Trinajstić information content (AvgIpc) is 3.45. The highest BCUT2D eigenvalue weighted by molar-refractivity contribution is 14.1. The third kappa shape index (κ3) is 6.93. The van der Waals surface area contributed by atoms with E-state index in [9.17, 15) is 24.7 Å². The maximum absolute atomic E-state index is 14.4. The highest BCUT2D eigenvalue weighted by atomic mass is 127. The largest absolute Gasteiger partial charge is 0.480 e. The second kappa shape index (κ2) is 13.9. The molecule has 0 aliphatic carbocycles. The summed E-state index contributed by atoms with van der Waals surface area (Å²) < 4.78 is 39.3. The number of unbranched alkanes of at least 4 members (excludes halogenated alkanes) is 2. The zero-order valence-electron chi connectivity index (χ0n) is 25.4. The molecule has 248 valence electrons. The maximum Gasteiger partial charge on any atom is 0.459 e. The van der Waals surface area contributed by atoms with Crippen molar-refractivity contribution in [3.8, 4) is 11.6 Å². The van der Waals surface area contributed by atoms with Gasteiger partial charge in [-0.3, -0.25) is 13.9 Å². The molecule has 0 amide bonds. The lowest BCUT2D eigenvalue weighted by Gasteiger charge is -2.28. The van der Waals surface area contributed by atoms with E-state index in [0.717, 1.165) is 18.2 Å². The number of halogens is 1. The van der Waals surface area contributed by atoms with Crippen molar-refractivity contribution in [3.63, 3.8) is 0 Å². The Kier molecular flexibility index (Phi) is 10.4. The molecule has 46 heavy (non-hydrogen) atoms. The Labute approximate surface area is 278 Å². The fourth-order valence-electron chi connectivity index (χ4n) is 5.34. The molecule has 1 aliphatic rings. The van der Waals surface area contributed by atoms with Crippen LogP contribution in [0.5, 0.6) is 11.6 Å². The van der Waals surface area contributed by atoms with Gasteiger partial charge in [0.2, 0.25) is 11.8 Å². The lowest BCUT2D eigenvalue weighted by atomic mass is 9.96. The highest BCUT2D eigenvalue weighted by Crippen LogP contribution is 2.49. The molecule has 1 fully saturated rings. The van der Waals surface area contributed by atoms with Gasteiger partial charge in [0.15, 0.2) is 21.2 Å². The number of aromatic nitrogens is 4. The Morgan fingerprint density at radius 2 is 1.96 bits per heavy atom. The van der Waals surface area contributed by atoms with Crippen molar-refractivity contribution >= 4 is 64.2 Å². The SMILES string of the molecule is CCCCC[C@H](NP(=O)(OC[C@H]1O[C@@H](n2c(I)nc3c(OC)nc(N)nc32)[C@](C)(O)[C@@H]1O)Oc1cccc2ccccc12)C(=O)O. The summed E-state index contributed by atoms with van der Waals surface area (Å²) in [6.45, 7) is 2.81. The van der Waals surface area contributed by atoms with Crippen LogP contribution in [0.15, 0.2) is 42.5 Å². The Bertz CT molecular complexity index is 1770. The van der Waals surface area contributed by atoms with E-state index in [1.165, 1.54) is 18.6 Å². The van der Waals surface area contributed by atoms with E-state index in [2.05, 4.69) is 20.0 Å². The molecule has 0 saturated carbocycles. The molecular formula is C29H36IN6O9P. The molecule has 0 bridgehead atoms. The summed E-state index contributed by atoms with van der Waals surface area (Å²) in [6, 6.07) is 11.2. The summed E-state index contributed by atoms with van der Waals surface area (Å²) in [5, 5.41) is 36.7. The van der Waals surface area contributed by atoms with E-state index in [-0.39, 0.29) is 35.2 Å². The molecule has 2 aromatic carbocycles. The molecule has 1 unspecified atom stereocenters. The number of nitrogens with one attached hydrogen (secondary N) is 1. The number of carboxylic acid groups (broad SMARTS) is 1. The number of carboxylic acids is 1. The lowest BCUT2D eigenvalue weighted by molar-refractivity contribution is -0.139. The van der Waals surface area contributed by atoms with Gasteiger partial charge < -0.3 is 35.1 Å². The molecule has 0 spiro atoms. The quantitative estimate of drug-likeness (QED) is 0.0531. The first kappa shape index (κ1) is 34.2. The van der Waals surface area contributed by atoms with Crippen LogP contribution in [0.3, 0.4) is 0 Å². The number of methoxy groups -OCH3 is 1. The summed E-state index contributed by atoms with van der Waals surface area (Å²) in [4.78, 5) is 24.9. The van der Waals surface area contributed by atoms with Gasteiger partial charge in [0, 0.05) is 28.0 Å². The molecule has 4 aromatic rings. The van der Waals surface area contributed by atoms with Crippen LogP contribution in [-0.2, 0) is 18.6 Å². The third-order valence-corrected chi connectivity index (χ3v) is 10.1. The number of nitrogen functional groups attached to an aromatic ring is 1. The van der Waals surface area contributed by atoms with E-state index >= 15 is 0 Å². The van der Waals surface area contributed by atoms with Gasteiger partial charge in [-0.05, 0) is 24.8 Å². The maximum atomic E-state index is 14.4. The lowest BCUT2D eigenvalue weighted by Crippen LogP contribution is -2.45. The Balaban J connectivity index is 1.44. The summed E-state index contributed by atoms with van der Waals surface area (Å²) in [7, 11) is -3.05. The van der Waals surface area contributed by atoms with Gasteiger partial charge in [-0.2, -0.15) is 15.1 Å². The van der Waals surface area contributed by atoms with Gasteiger partial charge in [0.25, 0.3) is 0 Å². The fourth-order valence-corrected chi connectivity index (χ4v) is 7.63. The van der Waals surface area contributed by atoms with Gasteiger partial charge in [0.05, 0.1) is 13.7 Å². The van der Waals surface area contributed by atoms with E-state index in [1.54, 1.807) is 24.3 Å². The number of nitrogens with zero attached hydrogens (tertiary/aromatic N) is 4. The standard InChI is InChI=1S/C29H36IN6O9P/c1-4-5-6-13-18(25(38)39)35-46(41,45-19-14-9-11-16-10-7-8-12-17(16)19)43-15-20-22(37)29(2,40)26(44-20)36-23-21(32-27(36)30)24(42-3)34-28(31)33-23/h7-12,14,18,20,22,26,37,40H,4-6,13,15H2,1-3H3,(H,35,41)(H,38,39)(H2,31,33,34)/t18-,20+,22+,26+,29+,46?/m0/s1. The highest BCUT2D eigenvalue weighted by Gasteiger charge is 2.55. The molecular weight excluding hydrogens is 734 g/mol. The first-order valence-corrected chi connectivity index (χ1v) is 17.2. The Morgan fingerprint density at radius 3 is 2.67 bits per heavy atom. The number of aliphatic hydroxyl groups excluding tert-OH is 1. The number of aliphatic hydroxyl groups is 2. The van der Waals surface area contributed by atoms with Crippen LogP contribution in [0.4, 0.5) is 5.95 Å². The minimum Gasteiger partial charge on any atom is -0.480 e. The van der Waals surface area contributed by atoms with Crippen molar-refractivity contribution in [3.05, 3.63) is 46.3 Å². The minimum atomic E-state index is -4.45. The topological polar surface area (TPSA) is 213 Å². The number of ether oxygens (including phenoxy) is 2. The van der Waals surface area contributed by atoms with Crippen LogP contribution in [0.2, 0.25) is 0 Å². The smallest absolute Gasteiger partial charge is 0.459 e. The second-order valence-electron chi connectivity index (χ2n) is 11.1. The van der Waals surface area contributed by atoms with Gasteiger partial charge in [-0.25, -0.2) is 9.55 Å². The van der Waals surface area contributed by atoms with E-state index in [1.807, 2.05) is 47.7 Å². The van der Waals surface area contributed by atoms with Crippen LogP contribution in [-0.4, -0.2) is 78.4 Å². The number of hydrogen-bond donors (Lipinski definition) is 5. The molecule has 5 rings (SSSR count). The first-order valence-electron chi connectivity index (χ1n) is 14.6. The second-order valence-corrected chi connectivity index (χ2v) is 13.7. The number of benzene rings is 2. The van der Waals surface area contributed by atoms with Crippen molar-refractivity contribution in [2.45, 2.75) is 69.6 Å². The number of anilines is 1. The third-order valence-electron chi connectivity index (χ3n) is 7.75. The zero-order chi connectivity index (χ0) is 33.2. The van der Waals surface area contributed by atoms with Crippen molar-refractivity contribution in [2.75, 3.05) is 19.5 Å². The molecule has 3 heterocycles. The predicted molar refractivity (Wildman–Crippen MR) is 176 cm³/mol. The van der Waals surface area contributed by atoms with Gasteiger partial charge in [-0.15, -0.1) is 0 Å². The van der Waals surface area contributed by atoms with Crippen molar-refractivity contribution in [1.82, 2.24) is 24.6 Å². The molecule has 1 saturated heterocycles. The van der Waals surface area contributed by atoms with Gasteiger partial charge in [0.1, 0.15) is 29.6 Å². The molecule has 6 atom stereocenters. The van der Waals surface area contributed by atoms with Crippen molar-refractivity contribution < 1.29 is 43.2 Å². The summed E-state index contributed by atoms with van der Waals surface area (Å²) >= 11 is 1.92. The van der Waals surface area contributed by atoms with Crippen molar-refractivity contribution in [1.29, 1.82) is 0 Å². The fraction of sp³-hybridized carbons (Fsp3) is 0.448. The Hall–Kier alpha value is -3.12.